The number of fused-ring (bicyclic) bond motifs is 1. The van der Waals surface area contributed by atoms with Crippen molar-refractivity contribution >= 4 is 21.9 Å². The third kappa shape index (κ3) is 4.71. The van der Waals surface area contributed by atoms with Crippen LogP contribution in [0.2, 0.25) is 0 Å². The van der Waals surface area contributed by atoms with Gasteiger partial charge < -0.3 is 14.2 Å². The molecule has 0 spiro atoms. The first-order chi connectivity index (χ1) is 14.5. The van der Waals surface area contributed by atoms with E-state index in [2.05, 4.69) is 52.0 Å². The molecular formula is C24H28BrNO4. The van der Waals surface area contributed by atoms with E-state index in [1.54, 1.807) is 7.11 Å². The number of ether oxygens (including phenoxy) is 3. The number of carbonyl (C=O) groups excluding carboxylic acids is 1. The van der Waals surface area contributed by atoms with Gasteiger partial charge in [0.2, 0.25) is 0 Å². The highest BCUT2D eigenvalue weighted by atomic mass is 79.9. The summed E-state index contributed by atoms with van der Waals surface area (Å²) in [5.41, 5.74) is 2.32. The van der Waals surface area contributed by atoms with Crippen LogP contribution in [0.3, 0.4) is 0 Å². The lowest BCUT2D eigenvalue weighted by molar-refractivity contribution is -0.179. The van der Waals surface area contributed by atoms with Gasteiger partial charge in [-0.3, -0.25) is 9.69 Å². The average Bonchev–Trinajstić information content (AvgIpc) is 2.75. The second-order valence-corrected chi connectivity index (χ2v) is 9.10. The van der Waals surface area contributed by atoms with Gasteiger partial charge in [-0.2, -0.15) is 0 Å². The summed E-state index contributed by atoms with van der Waals surface area (Å²) in [5, 5.41) is 0. The second-order valence-electron chi connectivity index (χ2n) is 8.19. The van der Waals surface area contributed by atoms with Gasteiger partial charge in [0.25, 0.3) is 0 Å². The topological polar surface area (TPSA) is 48.0 Å². The van der Waals surface area contributed by atoms with Crippen molar-refractivity contribution in [2.45, 2.75) is 44.6 Å². The number of hydrogen-bond acceptors (Lipinski definition) is 5. The summed E-state index contributed by atoms with van der Waals surface area (Å²) in [4.78, 5) is 15.1. The zero-order valence-corrected chi connectivity index (χ0v) is 19.0. The molecule has 4 atom stereocenters. The molecule has 2 aliphatic rings. The maximum Gasteiger partial charge on any atom is 0.323 e. The number of piperidine rings is 1. The van der Waals surface area contributed by atoms with Gasteiger partial charge >= 0.3 is 5.97 Å². The minimum absolute atomic E-state index is 0.117. The highest BCUT2D eigenvalue weighted by Crippen LogP contribution is 2.41. The summed E-state index contributed by atoms with van der Waals surface area (Å²) in [7, 11) is 1.65. The number of morpholine rings is 1. The number of nitrogens with zero attached hydrogens (tertiary/aromatic N) is 1. The van der Waals surface area contributed by atoms with Crippen LogP contribution in [0.4, 0.5) is 0 Å². The third-order valence-corrected chi connectivity index (χ3v) is 6.63. The summed E-state index contributed by atoms with van der Waals surface area (Å²) < 4.78 is 17.9. The molecule has 0 saturated carbocycles. The van der Waals surface area contributed by atoms with Crippen LogP contribution < -0.4 is 4.74 Å². The van der Waals surface area contributed by atoms with Gasteiger partial charge in [0, 0.05) is 17.1 Å². The standard InChI is InChI=1S/C24H28BrNO4/c1-16-3-12-22-24(27)30-21(15-29-14-17-4-10-20(28-2)11-5-17)13-26(22)23(16)18-6-8-19(25)9-7-18/h4-11,16,21-23H,3,12-15H2,1-2H3/t16-,21+,22+,23-/m1/s1. The monoisotopic (exact) mass is 473 g/mol. The lowest BCUT2D eigenvalue weighted by atomic mass is 9.82. The molecule has 0 amide bonds. The van der Waals surface area contributed by atoms with Crippen molar-refractivity contribution in [3.63, 3.8) is 0 Å². The highest BCUT2D eigenvalue weighted by molar-refractivity contribution is 9.10. The number of cyclic esters (lactones) is 1. The molecule has 2 aliphatic heterocycles. The van der Waals surface area contributed by atoms with E-state index < -0.39 is 0 Å². The van der Waals surface area contributed by atoms with Crippen molar-refractivity contribution in [2.75, 3.05) is 20.3 Å². The molecule has 5 nitrogen and oxygen atoms in total. The Balaban J connectivity index is 1.41. The molecule has 0 aliphatic carbocycles. The SMILES string of the molecule is COc1ccc(COC[C@@H]2CN3[C@@H](CC[C@@H](C)[C@@H]3c3ccc(Br)cc3)C(=O)O2)cc1. The number of methoxy groups -OCH3 is 1. The van der Waals surface area contributed by atoms with Crippen LogP contribution in [0.1, 0.15) is 36.9 Å². The summed E-state index contributed by atoms with van der Waals surface area (Å²) in [6.45, 7) is 3.85. The number of rotatable bonds is 6. The van der Waals surface area contributed by atoms with Crippen LogP contribution in [0.15, 0.2) is 53.0 Å². The Bertz CT molecular complexity index is 855. The second kappa shape index (κ2) is 9.50. The summed E-state index contributed by atoms with van der Waals surface area (Å²) in [5.74, 6) is 1.19. The molecule has 0 N–H and O–H groups in total. The third-order valence-electron chi connectivity index (χ3n) is 6.10. The smallest absolute Gasteiger partial charge is 0.323 e. The molecule has 0 radical (unpaired) electrons. The molecule has 2 heterocycles. The number of halogens is 1. The Morgan fingerprint density at radius 3 is 2.53 bits per heavy atom. The van der Waals surface area contributed by atoms with Crippen molar-refractivity contribution in [3.05, 3.63) is 64.1 Å². The van der Waals surface area contributed by atoms with E-state index >= 15 is 0 Å². The lowest BCUT2D eigenvalue weighted by Gasteiger charge is -2.48. The van der Waals surface area contributed by atoms with E-state index in [9.17, 15) is 4.79 Å². The molecule has 0 unspecified atom stereocenters. The minimum Gasteiger partial charge on any atom is -0.497 e. The van der Waals surface area contributed by atoms with Gasteiger partial charge in [-0.1, -0.05) is 47.1 Å². The molecule has 2 aromatic rings. The molecule has 160 valence electrons. The van der Waals surface area contributed by atoms with E-state index in [4.69, 9.17) is 14.2 Å². The number of carbonyl (C=O) groups is 1. The van der Waals surface area contributed by atoms with E-state index in [0.29, 0.717) is 25.7 Å². The van der Waals surface area contributed by atoms with Crippen LogP contribution in [0.25, 0.3) is 0 Å². The number of hydrogen-bond donors (Lipinski definition) is 0. The Morgan fingerprint density at radius 2 is 1.83 bits per heavy atom. The van der Waals surface area contributed by atoms with Gasteiger partial charge in [-0.25, -0.2) is 0 Å². The van der Waals surface area contributed by atoms with Crippen molar-refractivity contribution < 1.29 is 19.0 Å². The Kier molecular flexibility index (Phi) is 6.76. The summed E-state index contributed by atoms with van der Waals surface area (Å²) in [6, 6.07) is 16.3. The Labute approximate surface area is 186 Å². The van der Waals surface area contributed by atoms with Gasteiger partial charge in [0.1, 0.15) is 17.9 Å². The predicted octanol–water partition coefficient (Wildman–Crippen LogP) is 4.74. The molecule has 2 aromatic carbocycles. The van der Waals surface area contributed by atoms with Crippen molar-refractivity contribution in [1.29, 1.82) is 0 Å². The molecule has 6 heteroatoms. The fraction of sp³-hybridized carbons (Fsp3) is 0.458. The fourth-order valence-electron chi connectivity index (χ4n) is 4.57. The van der Waals surface area contributed by atoms with Crippen molar-refractivity contribution in [2.24, 2.45) is 5.92 Å². The van der Waals surface area contributed by atoms with Gasteiger partial charge in [0.05, 0.1) is 20.3 Å². The van der Waals surface area contributed by atoms with Crippen LogP contribution >= 0.6 is 15.9 Å². The van der Waals surface area contributed by atoms with Crippen molar-refractivity contribution in [3.8, 4) is 5.75 Å². The average molecular weight is 474 g/mol. The maximum atomic E-state index is 12.7. The minimum atomic E-state index is -0.254. The van der Waals surface area contributed by atoms with E-state index in [1.807, 2.05) is 24.3 Å². The quantitative estimate of drug-likeness (QED) is 0.566. The lowest BCUT2D eigenvalue weighted by Crippen LogP contribution is -2.58. The molecule has 0 bridgehead atoms. The summed E-state index contributed by atoms with van der Waals surface area (Å²) in [6.07, 6.45) is 1.62. The zero-order valence-electron chi connectivity index (χ0n) is 17.4. The van der Waals surface area contributed by atoms with Crippen LogP contribution in [0.5, 0.6) is 5.75 Å². The molecular weight excluding hydrogens is 446 g/mol. The Hall–Kier alpha value is -1.89. The molecule has 2 saturated heterocycles. The van der Waals surface area contributed by atoms with E-state index in [-0.39, 0.29) is 24.2 Å². The predicted molar refractivity (Wildman–Crippen MR) is 118 cm³/mol. The van der Waals surface area contributed by atoms with Crippen LogP contribution in [-0.4, -0.2) is 43.3 Å². The van der Waals surface area contributed by atoms with Crippen molar-refractivity contribution in [1.82, 2.24) is 4.90 Å². The van der Waals surface area contributed by atoms with Gasteiger partial charge in [-0.05, 0) is 54.2 Å². The van der Waals surface area contributed by atoms with E-state index in [0.717, 1.165) is 28.6 Å². The molecule has 2 fully saturated rings. The first-order valence-electron chi connectivity index (χ1n) is 10.5. The highest BCUT2D eigenvalue weighted by Gasteiger charge is 2.45. The fourth-order valence-corrected chi connectivity index (χ4v) is 4.84. The number of benzene rings is 2. The first-order valence-corrected chi connectivity index (χ1v) is 11.3. The first kappa shape index (κ1) is 21.3. The van der Waals surface area contributed by atoms with Crippen LogP contribution in [0, 0.1) is 5.92 Å². The molecule has 4 rings (SSSR count). The molecule has 30 heavy (non-hydrogen) atoms. The normalized spacial score (nSPS) is 26.7. The van der Waals surface area contributed by atoms with E-state index in [1.165, 1.54) is 5.56 Å². The zero-order chi connectivity index (χ0) is 21.1. The maximum absolute atomic E-state index is 12.7. The van der Waals surface area contributed by atoms with Crippen LogP contribution in [-0.2, 0) is 20.9 Å². The van der Waals surface area contributed by atoms with Gasteiger partial charge in [-0.15, -0.1) is 0 Å². The largest absolute Gasteiger partial charge is 0.497 e. The number of esters is 1. The summed E-state index contributed by atoms with van der Waals surface area (Å²) >= 11 is 3.52. The Morgan fingerprint density at radius 1 is 1.10 bits per heavy atom. The van der Waals surface area contributed by atoms with Gasteiger partial charge in [0.15, 0.2) is 0 Å². The molecule has 0 aromatic heterocycles.